The molecule has 1 amide bonds. The van der Waals surface area contributed by atoms with Crippen LogP contribution in [0.25, 0.3) is 0 Å². The fourth-order valence-corrected chi connectivity index (χ4v) is 2.48. The number of halogens is 4. The van der Waals surface area contributed by atoms with E-state index in [0.717, 1.165) is 6.07 Å². The van der Waals surface area contributed by atoms with Gasteiger partial charge in [-0.15, -0.1) is 0 Å². The zero-order chi connectivity index (χ0) is 18.4. The van der Waals surface area contributed by atoms with Crippen LogP contribution in [0.2, 0.25) is 5.02 Å². The molecule has 0 aliphatic carbocycles. The third-order valence-electron chi connectivity index (χ3n) is 3.75. The highest BCUT2D eigenvalue weighted by molar-refractivity contribution is 6.30. The fourth-order valence-electron chi connectivity index (χ4n) is 2.32. The van der Waals surface area contributed by atoms with Crippen molar-refractivity contribution in [1.82, 2.24) is 4.90 Å². The van der Waals surface area contributed by atoms with Crippen LogP contribution >= 0.6 is 11.6 Å². The number of nitrogens with one attached hydrogen (secondary N) is 1. The number of rotatable bonds is 7. The van der Waals surface area contributed by atoms with Crippen molar-refractivity contribution in [3.63, 3.8) is 0 Å². The molecule has 0 bridgehead atoms. The van der Waals surface area contributed by atoms with Gasteiger partial charge in [0.15, 0.2) is 0 Å². The molecule has 0 saturated heterocycles. The van der Waals surface area contributed by atoms with Crippen molar-refractivity contribution in [1.29, 1.82) is 0 Å². The highest BCUT2D eigenvalue weighted by atomic mass is 35.5. The van der Waals surface area contributed by atoms with E-state index in [9.17, 15) is 18.0 Å². The molecule has 3 nitrogen and oxygen atoms in total. The maximum Gasteiger partial charge on any atom is 0.225 e. The number of benzene rings is 2. The summed E-state index contributed by atoms with van der Waals surface area (Å²) < 4.78 is 41.1. The molecule has 0 radical (unpaired) electrons. The molecule has 2 rings (SSSR count). The Morgan fingerprint density at radius 2 is 1.80 bits per heavy atom. The molecule has 0 atom stereocenters. The van der Waals surface area contributed by atoms with E-state index in [4.69, 9.17) is 11.6 Å². The maximum absolute atomic E-state index is 13.7. The first-order valence-electron chi connectivity index (χ1n) is 7.81. The number of nitrogens with zero attached hydrogens (tertiary/aromatic N) is 1. The molecule has 0 aliphatic heterocycles. The van der Waals surface area contributed by atoms with E-state index in [1.54, 1.807) is 4.90 Å². The number of carbonyl (C=O) groups excluding carboxylic acids is 1. The van der Waals surface area contributed by atoms with Gasteiger partial charge in [-0.2, -0.15) is 0 Å². The molecule has 7 heteroatoms. The van der Waals surface area contributed by atoms with E-state index in [1.807, 2.05) is 6.92 Å². The van der Waals surface area contributed by atoms with Gasteiger partial charge in [-0.25, -0.2) is 13.2 Å². The lowest BCUT2D eigenvalue weighted by Crippen LogP contribution is -2.28. The molecule has 0 aliphatic rings. The van der Waals surface area contributed by atoms with Crippen molar-refractivity contribution in [2.75, 3.05) is 18.4 Å². The lowest BCUT2D eigenvalue weighted by molar-refractivity contribution is -0.116. The zero-order valence-electron chi connectivity index (χ0n) is 13.7. The van der Waals surface area contributed by atoms with E-state index >= 15 is 0 Å². The summed E-state index contributed by atoms with van der Waals surface area (Å²) in [6, 6.07) is 7.65. The summed E-state index contributed by atoms with van der Waals surface area (Å²) in [7, 11) is 0. The van der Waals surface area contributed by atoms with Gasteiger partial charge in [-0.05, 0) is 36.9 Å². The summed E-state index contributed by atoms with van der Waals surface area (Å²) in [5.74, 6) is -2.26. The summed E-state index contributed by atoms with van der Waals surface area (Å²) in [4.78, 5) is 13.7. The van der Waals surface area contributed by atoms with E-state index in [-0.39, 0.29) is 35.8 Å². The Bertz CT molecular complexity index is 735. The summed E-state index contributed by atoms with van der Waals surface area (Å²) in [5.41, 5.74) is 0.00565. The van der Waals surface area contributed by atoms with Gasteiger partial charge in [0, 0.05) is 30.1 Å². The molecule has 0 aromatic heterocycles. The van der Waals surface area contributed by atoms with Crippen molar-refractivity contribution >= 4 is 23.2 Å². The molecular formula is C18H18ClF3N2O. The molecule has 0 fully saturated rings. The molecule has 2 aromatic carbocycles. The van der Waals surface area contributed by atoms with Crippen LogP contribution in [0.5, 0.6) is 0 Å². The number of amides is 1. The van der Waals surface area contributed by atoms with Crippen LogP contribution in [0.15, 0.2) is 36.4 Å². The van der Waals surface area contributed by atoms with E-state index in [2.05, 4.69) is 5.32 Å². The van der Waals surface area contributed by atoms with E-state index in [0.29, 0.717) is 6.54 Å². The molecule has 0 spiro atoms. The van der Waals surface area contributed by atoms with Crippen LogP contribution in [0.4, 0.5) is 18.9 Å². The van der Waals surface area contributed by atoms with Gasteiger partial charge in [-0.3, -0.25) is 9.69 Å². The van der Waals surface area contributed by atoms with Gasteiger partial charge < -0.3 is 5.32 Å². The molecule has 0 heterocycles. The van der Waals surface area contributed by atoms with Crippen molar-refractivity contribution in [2.45, 2.75) is 19.9 Å². The van der Waals surface area contributed by atoms with E-state index < -0.39 is 23.4 Å². The maximum atomic E-state index is 13.7. The van der Waals surface area contributed by atoms with Crippen molar-refractivity contribution in [2.24, 2.45) is 0 Å². The van der Waals surface area contributed by atoms with Crippen molar-refractivity contribution < 1.29 is 18.0 Å². The molecule has 2 aromatic rings. The Balaban J connectivity index is 1.92. The minimum absolute atomic E-state index is 0.0338. The monoisotopic (exact) mass is 370 g/mol. The summed E-state index contributed by atoms with van der Waals surface area (Å²) >= 11 is 5.66. The van der Waals surface area contributed by atoms with Crippen LogP contribution in [-0.4, -0.2) is 23.9 Å². The molecule has 0 saturated carbocycles. The summed E-state index contributed by atoms with van der Waals surface area (Å²) in [6.45, 7) is 2.68. The highest BCUT2D eigenvalue weighted by Crippen LogP contribution is 2.19. The van der Waals surface area contributed by atoms with Gasteiger partial charge >= 0.3 is 0 Å². The van der Waals surface area contributed by atoms with Crippen LogP contribution in [0, 0.1) is 17.5 Å². The lowest BCUT2D eigenvalue weighted by atomic mass is 10.1. The highest BCUT2D eigenvalue weighted by Gasteiger charge is 2.14. The number of hydrogen-bond donors (Lipinski definition) is 1. The van der Waals surface area contributed by atoms with Crippen molar-refractivity contribution in [3.8, 4) is 0 Å². The number of anilines is 1. The second kappa shape index (κ2) is 8.87. The molecule has 25 heavy (non-hydrogen) atoms. The third kappa shape index (κ3) is 5.47. The van der Waals surface area contributed by atoms with Gasteiger partial charge in [-0.1, -0.05) is 24.6 Å². The number of hydrogen-bond acceptors (Lipinski definition) is 2. The Hall–Kier alpha value is -2.05. The lowest BCUT2D eigenvalue weighted by Gasteiger charge is -2.20. The minimum Gasteiger partial charge on any atom is -0.324 e. The van der Waals surface area contributed by atoms with E-state index in [1.165, 1.54) is 30.3 Å². The number of carbonyl (C=O) groups is 1. The Labute approximate surface area is 149 Å². The zero-order valence-corrected chi connectivity index (χ0v) is 14.4. The standard InChI is InChI=1S/C18H18ClF3N2O/c1-2-24(11-13-14(20)4-3-5-15(13)21)9-8-18(25)23-17-7-6-12(19)10-16(17)22/h3-7,10H,2,8-9,11H2,1H3,(H,23,25). The third-order valence-corrected chi connectivity index (χ3v) is 3.99. The molecular weight excluding hydrogens is 353 g/mol. The van der Waals surface area contributed by atoms with Gasteiger partial charge in [0.25, 0.3) is 0 Å². The Kier molecular flexibility index (Phi) is 6.84. The fraction of sp³-hybridized carbons (Fsp3) is 0.278. The van der Waals surface area contributed by atoms with Gasteiger partial charge in [0.05, 0.1) is 5.69 Å². The summed E-state index contributed by atoms with van der Waals surface area (Å²) in [5, 5.41) is 2.69. The van der Waals surface area contributed by atoms with Crippen molar-refractivity contribution in [3.05, 3.63) is 64.4 Å². The van der Waals surface area contributed by atoms with Gasteiger partial charge in [0.1, 0.15) is 17.5 Å². The van der Waals surface area contributed by atoms with Crippen LogP contribution in [-0.2, 0) is 11.3 Å². The smallest absolute Gasteiger partial charge is 0.225 e. The second-order valence-corrected chi connectivity index (χ2v) is 5.93. The largest absolute Gasteiger partial charge is 0.324 e. The topological polar surface area (TPSA) is 32.3 Å². The van der Waals surface area contributed by atoms with Crippen LogP contribution in [0.1, 0.15) is 18.9 Å². The first kappa shape index (κ1) is 19.3. The summed E-state index contributed by atoms with van der Waals surface area (Å²) in [6.07, 6.45) is 0.0615. The quantitative estimate of drug-likeness (QED) is 0.772. The average molecular weight is 371 g/mol. The SMILES string of the molecule is CCN(CCC(=O)Nc1ccc(Cl)cc1F)Cc1c(F)cccc1F. The predicted molar refractivity (Wildman–Crippen MR) is 92.0 cm³/mol. The predicted octanol–water partition coefficient (Wildman–Crippen LogP) is 4.61. The van der Waals surface area contributed by atoms with Gasteiger partial charge in [0.2, 0.25) is 5.91 Å². The van der Waals surface area contributed by atoms with Crippen LogP contribution in [0.3, 0.4) is 0 Å². The first-order valence-corrected chi connectivity index (χ1v) is 8.18. The first-order chi connectivity index (χ1) is 11.9. The minimum atomic E-state index is -0.623. The normalized spacial score (nSPS) is 11.0. The second-order valence-electron chi connectivity index (χ2n) is 5.49. The Morgan fingerprint density at radius 1 is 1.12 bits per heavy atom. The Morgan fingerprint density at radius 3 is 2.40 bits per heavy atom. The molecule has 1 N–H and O–H groups in total. The molecule has 134 valence electrons. The van der Waals surface area contributed by atoms with Crippen LogP contribution < -0.4 is 5.32 Å². The average Bonchev–Trinajstić information content (AvgIpc) is 2.56. The molecule has 0 unspecified atom stereocenters.